The van der Waals surface area contributed by atoms with Crippen LogP contribution in [-0.4, -0.2) is 36.1 Å². The van der Waals surface area contributed by atoms with Gasteiger partial charge in [0.15, 0.2) is 5.66 Å². The molecule has 2 N–H and O–H groups in total. The number of nitrogens with zero attached hydrogens (tertiary/aromatic N) is 1. The molecule has 5 heteroatoms. The largest absolute Gasteiger partial charge is 0.466 e. The highest BCUT2D eigenvalue weighted by molar-refractivity contribution is 5.93. The molecule has 25 heavy (non-hydrogen) atoms. The predicted molar refractivity (Wildman–Crippen MR) is 94.6 cm³/mol. The Balaban J connectivity index is 2.02. The van der Waals surface area contributed by atoms with Crippen molar-refractivity contribution in [2.45, 2.75) is 24.4 Å². The Morgan fingerprint density at radius 1 is 1.04 bits per heavy atom. The molecule has 1 heterocycles. The lowest BCUT2D eigenvalue weighted by Crippen LogP contribution is -2.61. The van der Waals surface area contributed by atoms with E-state index in [1.54, 1.807) is 0 Å². The lowest BCUT2D eigenvalue weighted by Gasteiger charge is -2.34. The van der Waals surface area contributed by atoms with Crippen LogP contribution in [0.1, 0.15) is 29.9 Å². The molecule has 2 aromatic rings. The highest BCUT2D eigenvalue weighted by Gasteiger charge is 2.49. The highest BCUT2D eigenvalue weighted by Crippen LogP contribution is 2.33. The van der Waals surface area contributed by atoms with Crippen molar-refractivity contribution in [3.63, 3.8) is 0 Å². The third kappa shape index (κ3) is 3.15. The Labute approximate surface area is 147 Å². The topological polar surface area (TPSA) is 72.6 Å². The Bertz CT molecular complexity index is 709. The van der Waals surface area contributed by atoms with Gasteiger partial charge in [0.2, 0.25) is 5.91 Å². The SMILES string of the molecule is COC(=O)C1(N)CCCN1C(=O)C(c1ccccc1)c1ccccc1. The Hall–Kier alpha value is -2.66. The average molecular weight is 338 g/mol. The lowest BCUT2D eigenvalue weighted by atomic mass is 9.89. The van der Waals surface area contributed by atoms with Gasteiger partial charge in [0.25, 0.3) is 0 Å². The van der Waals surface area contributed by atoms with Crippen LogP contribution < -0.4 is 5.73 Å². The summed E-state index contributed by atoms with van der Waals surface area (Å²) in [4.78, 5) is 27.1. The number of amides is 1. The summed E-state index contributed by atoms with van der Waals surface area (Å²) in [5.74, 6) is -1.26. The molecule has 1 unspecified atom stereocenters. The van der Waals surface area contributed by atoms with Gasteiger partial charge in [0.1, 0.15) is 0 Å². The highest BCUT2D eigenvalue weighted by atomic mass is 16.5. The maximum atomic E-state index is 13.4. The maximum absolute atomic E-state index is 13.4. The van der Waals surface area contributed by atoms with Crippen molar-refractivity contribution in [2.24, 2.45) is 5.73 Å². The van der Waals surface area contributed by atoms with Crippen molar-refractivity contribution in [3.8, 4) is 0 Å². The van der Waals surface area contributed by atoms with Crippen molar-refractivity contribution < 1.29 is 14.3 Å². The van der Waals surface area contributed by atoms with Gasteiger partial charge in [-0.3, -0.25) is 10.5 Å². The van der Waals surface area contributed by atoms with Crippen LogP contribution in [0, 0.1) is 0 Å². The molecule has 0 aliphatic carbocycles. The van der Waals surface area contributed by atoms with Gasteiger partial charge in [-0.1, -0.05) is 60.7 Å². The van der Waals surface area contributed by atoms with Crippen LogP contribution >= 0.6 is 0 Å². The molecule has 1 fully saturated rings. The molecule has 1 aliphatic heterocycles. The number of ether oxygens (including phenoxy) is 1. The minimum atomic E-state index is -1.40. The van der Waals surface area contributed by atoms with E-state index in [4.69, 9.17) is 10.5 Å². The zero-order valence-electron chi connectivity index (χ0n) is 14.2. The molecule has 0 bridgehead atoms. The second kappa shape index (κ2) is 7.07. The minimum Gasteiger partial charge on any atom is -0.466 e. The van der Waals surface area contributed by atoms with E-state index in [2.05, 4.69) is 0 Å². The van der Waals surface area contributed by atoms with Gasteiger partial charge >= 0.3 is 5.97 Å². The first kappa shape index (κ1) is 17.2. The fourth-order valence-corrected chi connectivity index (χ4v) is 3.46. The van der Waals surface area contributed by atoms with Gasteiger partial charge in [-0.05, 0) is 24.0 Å². The molecular weight excluding hydrogens is 316 g/mol. The molecule has 0 aromatic heterocycles. The van der Waals surface area contributed by atoms with E-state index in [1.807, 2.05) is 60.7 Å². The molecule has 0 radical (unpaired) electrons. The molecule has 0 spiro atoms. The van der Waals surface area contributed by atoms with Crippen molar-refractivity contribution >= 4 is 11.9 Å². The Kier molecular flexibility index (Phi) is 4.86. The van der Waals surface area contributed by atoms with Crippen LogP contribution in [0.3, 0.4) is 0 Å². The maximum Gasteiger partial charge on any atom is 0.346 e. The first-order chi connectivity index (χ1) is 12.1. The van der Waals surface area contributed by atoms with E-state index in [-0.39, 0.29) is 5.91 Å². The number of hydrogen-bond donors (Lipinski definition) is 1. The smallest absolute Gasteiger partial charge is 0.346 e. The summed E-state index contributed by atoms with van der Waals surface area (Å²) in [7, 11) is 1.30. The summed E-state index contributed by atoms with van der Waals surface area (Å²) in [5.41, 5.74) is 6.63. The summed E-state index contributed by atoms with van der Waals surface area (Å²) < 4.78 is 4.85. The van der Waals surface area contributed by atoms with Crippen molar-refractivity contribution in [3.05, 3.63) is 71.8 Å². The molecule has 5 nitrogen and oxygen atoms in total. The van der Waals surface area contributed by atoms with E-state index >= 15 is 0 Å². The lowest BCUT2D eigenvalue weighted by molar-refractivity contribution is -0.159. The van der Waals surface area contributed by atoms with Gasteiger partial charge in [-0.15, -0.1) is 0 Å². The number of methoxy groups -OCH3 is 1. The standard InChI is InChI=1S/C20H22N2O3/c1-25-19(24)20(21)13-8-14-22(20)18(23)17(15-9-4-2-5-10-15)16-11-6-3-7-12-16/h2-7,9-12,17H,8,13-14,21H2,1H3. The van der Waals surface area contributed by atoms with Crippen molar-refractivity contribution in [1.29, 1.82) is 0 Å². The van der Waals surface area contributed by atoms with E-state index in [9.17, 15) is 9.59 Å². The normalized spacial score (nSPS) is 19.9. The number of carbonyl (C=O) groups excluding carboxylic acids is 2. The summed E-state index contributed by atoms with van der Waals surface area (Å²) in [6.07, 6.45) is 1.08. The van der Waals surface area contributed by atoms with E-state index < -0.39 is 17.6 Å². The minimum absolute atomic E-state index is 0.178. The molecule has 0 saturated carbocycles. The zero-order valence-corrected chi connectivity index (χ0v) is 14.2. The fraction of sp³-hybridized carbons (Fsp3) is 0.300. The molecule has 1 aliphatic rings. The Morgan fingerprint density at radius 2 is 1.56 bits per heavy atom. The molecule has 2 aromatic carbocycles. The summed E-state index contributed by atoms with van der Waals surface area (Å²) in [5, 5.41) is 0. The zero-order chi connectivity index (χ0) is 17.9. The molecule has 1 saturated heterocycles. The number of hydrogen-bond acceptors (Lipinski definition) is 4. The quantitative estimate of drug-likeness (QED) is 0.868. The van der Waals surface area contributed by atoms with Crippen LogP contribution in [-0.2, 0) is 14.3 Å². The molecule has 1 atom stereocenters. The van der Waals surface area contributed by atoms with Crippen LogP contribution in [0.25, 0.3) is 0 Å². The summed E-state index contributed by atoms with van der Waals surface area (Å²) in [6, 6.07) is 19.1. The number of esters is 1. The van der Waals surface area contributed by atoms with Gasteiger partial charge in [0.05, 0.1) is 13.0 Å². The first-order valence-electron chi connectivity index (χ1n) is 8.36. The van der Waals surface area contributed by atoms with Gasteiger partial charge < -0.3 is 9.64 Å². The van der Waals surface area contributed by atoms with Crippen LogP contribution in [0.15, 0.2) is 60.7 Å². The second-order valence-corrected chi connectivity index (χ2v) is 6.26. The summed E-state index contributed by atoms with van der Waals surface area (Å²) in [6.45, 7) is 0.445. The monoisotopic (exact) mass is 338 g/mol. The molecular formula is C20H22N2O3. The number of nitrogens with two attached hydrogens (primary N) is 1. The average Bonchev–Trinajstić information content (AvgIpc) is 3.06. The van der Waals surface area contributed by atoms with Crippen LogP contribution in [0.2, 0.25) is 0 Å². The fourth-order valence-electron chi connectivity index (χ4n) is 3.46. The number of benzene rings is 2. The van der Waals surface area contributed by atoms with E-state index in [1.165, 1.54) is 12.0 Å². The molecule has 1 amide bonds. The van der Waals surface area contributed by atoms with E-state index in [0.717, 1.165) is 11.1 Å². The number of likely N-dealkylation sites (tertiary alicyclic amines) is 1. The first-order valence-corrected chi connectivity index (χ1v) is 8.36. The van der Waals surface area contributed by atoms with Crippen molar-refractivity contribution in [2.75, 3.05) is 13.7 Å². The third-order valence-corrected chi connectivity index (χ3v) is 4.74. The molecule has 130 valence electrons. The number of rotatable bonds is 4. The predicted octanol–water partition coefficient (Wildman–Crippen LogP) is 2.27. The van der Waals surface area contributed by atoms with Gasteiger partial charge in [-0.2, -0.15) is 0 Å². The third-order valence-electron chi connectivity index (χ3n) is 4.74. The van der Waals surface area contributed by atoms with E-state index in [0.29, 0.717) is 19.4 Å². The van der Waals surface area contributed by atoms with Crippen LogP contribution in [0.4, 0.5) is 0 Å². The molecule has 3 rings (SSSR count). The van der Waals surface area contributed by atoms with Crippen molar-refractivity contribution in [1.82, 2.24) is 4.90 Å². The number of carbonyl (C=O) groups is 2. The van der Waals surface area contributed by atoms with Gasteiger partial charge in [-0.25, -0.2) is 4.79 Å². The second-order valence-electron chi connectivity index (χ2n) is 6.26. The van der Waals surface area contributed by atoms with Crippen LogP contribution in [0.5, 0.6) is 0 Å². The summed E-state index contributed by atoms with van der Waals surface area (Å²) >= 11 is 0. The van der Waals surface area contributed by atoms with Gasteiger partial charge in [0, 0.05) is 6.54 Å². The Morgan fingerprint density at radius 3 is 2.04 bits per heavy atom.